The minimum atomic E-state index is 0.0172. The molecule has 1 aromatic carbocycles. The van der Waals surface area contributed by atoms with Crippen LogP contribution in [-0.4, -0.2) is 15.9 Å². The Balaban J connectivity index is 1.78. The summed E-state index contributed by atoms with van der Waals surface area (Å²) in [5, 5.41) is 6.44. The van der Waals surface area contributed by atoms with Gasteiger partial charge in [0, 0.05) is 6.42 Å². The number of amides is 1. The maximum Gasteiger partial charge on any atom is 0.224 e. The molecule has 7 heteroatoms. The topological polar surface area (TPSA) is 66.9 Å². The molecule has 1 amide bonds. The van der Waals surface area contributed by atoms with Crippen molar-refractivity contribution in [3.63, 3.8) is 0 Å². The van der Waals surface area contributed by atoms with E-state index in [0.717, 1.165) is 12.8 Å². The van der Waals surface area contributed by atoms with Gasteiger partial charge in [-0.3, -0.25) is 4.79 Å². The zero-order chi connectivity index (χ0) is 15.5. The first-order chi connectivity index (χ1) is 10.6. The molecule has 22 heavy (non-hydrogen) atoms. The van der Waals surface area contributed by atoms with Crippen LogP contribution in [0, 0.1) is 5.92 Å². The first-order valence-corrected chi connectivity index (χ1v) is 7.71. The van der Waals surface area contributed by atoms with Crippen molar-refractivity contribution in [1.29, 1.82) is 0 Å². The van der Waals surface area contributed by atoms with Gasteiger partial charge in [-0.1, -0.05) is 23.7 Å². The summed E-state index contributed by atoms with van der Waals surface area (Å²) in [6.45, 7) is 0. The molecule has 1 aliphatic carbocycles. The number of anilines is 3. The second-order valence-corrected chi connectivity index (χ2v) is 5.95. The monoisotopic (exact) mass is 336 g/mol. The highest BCUT2D eigenvalue weighted by molar-refractivity contribution is 6.33. The van der Waals surface area contributed by atoms with Gasteiger partial charge in [0.2, 0.25) is 11.2 Å². The Labute approximate surface area is 138 Å². The molecule has 1 heterocycles. The van der Waals surface area contributed by atoms with E-state index in [1.165, 1.54) is 6.20 Å². The van der Waals surface area contributed by atoms with Crippen molar-refractivity contribution in [2.45, 2.75) is 19.3 Å². The fraction of sp³-hybridized carbons (Fsp3) is 0.267. The van der Waals surface area contributed by atoms with Gasteiger partial charge in [-0.15, -0.1) is 0 Å². The summed E-state index contributed by atoms with van der Waals surface area (Å²) in [5.74, 6) is 0.948. The van der Waals surface area contributed by atoms with Crippen molar-refractivity contribution in [3.8, 4) is 0 Å². The minimum absolute atomic E-state index is 0.0172. The number of carbonyl (C=O) groups is 1. The van der Waals surface area contributed by atoms with Crippen LogP contribution in [0.2, 0.25) is 10.3 Å². The summed E-state index contributed by atoms with van der Waals surface area (Å²) < 4.78 is 0. The molecule has 5 nitrogen and oxygen atoms in total. The standard InChI is InChI=1S/C15H14Cl2N4O/c16-10-8-18-15(17)21-14(10)20-12-4-2-1-3-11(12)19-13(22)7-9-5-6-9/h1-4,8-9H,5-7H2,(H,19,22)(H,18,20,21). The van der Waals surface area contributed by atoms with E-state index in [0.29, 0.717) is 34.6 Å². The molecule has 2 aromatic rings. The number of rotatable bonds is 5. The van der Waals surface area contributed by atoms with E-state index >= 15 is 0 Å². The highest BCUT2D eigenvalue weighted by atomic mass is 35.5. The van der Waals surface area contributed by atoms with Crippen LogP contribution in [0.15, 0.2) is 30.5 Å². The van der Waals surface area contributed by atoms with Gasteiger partial charge in [0.25, 0.3) is 0 Å². The van der Waals surface area contributed by atoms with E-state index in [1.54, 1.807) is 0 Å². The number of benzene rings is 1. The highest BCUT2D eigenvalue weighted by Crippen LogP contribution is 2.33. The number of hydrogen-bond acceptors (Lipinski definition) is 4. The molecular weight excluding hydrogens is 323 g/mol. The van der Waals surface area contributed by atoms with E-state index in [4.69, 9.17) is 23.2 Å². The Morgan fingerprint density at radius 1 is 1.23 bits per heavy atom. The van der Waals surface area contributed by atoms with Crippen molar-refractivity contribution in [1.82, 2.24) is 9.97 Å². The molecular formula is C15H14Cl2N4O. The molecule has 1 saturated carbocycles. The van der Waals surface area contributed by atoms with E-state index in [9.17, 15) is 4.79 Å². The van der Waals surface area contributed by atoms with Gasteiger partial charge in [-0.05, 0) is 42.5 Å². The van der Waals surface area contributed by atoms with Crippen LogP contribution in [0.5, 0.6) is 0 Å². The van der Waals surface area contributed by atoms with Gasteiger partial charge in [-0.2, -0.15) is 4.98 Å². The molecule has 0 atom stereocenters. The Morgan fingerprint density at radius 2 is 1.95 bits per heavy atom. The second-order valence-electron chi connectivity index (χ2n) is 5.20. The summed E-state index contributed by atoms with van der Waals surface area (Å²) >= 11 is 11.8. The van der Waals surface area contributed by atoms with E-state index in [2.05, 4.69) is 20.6 Å². The highest BCUT2D eigenvalue weighted by Gasteiger charge is 2.24. The van der Waals surface area contributed by atoms with Crippen LogP contribution < -0.4 is 10.6 Å². The number of para-hydroxylation sites is 2. The normalized spacial score (nSPS) is 13.7. The SMILES string of the molecule is O=C(CC1CC1)Nc1ccccc1Nc1nc(Cl)ncc1Cl. The van der Waals surface area contributed by atoms with Crippen LogP contribution in [0.1, 0.15) is 19.3 Å². The Bertz CT molecular complexity index is 704. The second kappa shape index (κ2) is 6.50. The van der Waals surface area contributed by atoms with Crippen molar-refractivity contribution in [2.24, 2.45) is 5.92 Å². The van der Waals surface area contributed by atoms with E-state index < -0.39 is 0 Å². The van der Waals surface area contributed by atoms with Gasteiger partial charge in [-0.25, -0.2) is 4.98 Å². The van der Waals surface area contributed by atoms with Crippen molar-refractivity contribution in [2.75, 3.05) is 10.6 Å². The number of halogens is 2. The average molecular weight is 337 g/mol. The van der Waals surface area contributed by atoms with Crippen LogP contribution in [0.25, 0.3) is 0 Å². The van der Waals surface area contributed by atoms with Gasteiger partial charge in [0.05, 0.1) is 17.6 Å². The number of aromatic nitrogens is 2. The summed E-state index contributed by atoms with van der Waals surface area (Å²) in [4.78, 5) is 19.8. The minimum Gasteiger partial charge on any atom is -0.337 e. The molecule has 0 aliphatic heterocycles. The number of nitrogens with zero attached hydrogens (tertiary/aromatic N) is 2. The Kier molecular flexibility index (Phi) is 4.45. The molecule has 1 aromatic heterocycles. The average Bonchev–Trinajstić information content (AvgIpc) is 3.29. The third-order valence-electron chi connectivity index (χ3n) is 3.34. The summed E-state index contributed by atoms with van der Waals surface area (Å²) in [6, 6.07) is 7.37. The zero-order valence-corrected chi connectivity index (χ0v) is 13.2. The molecule has 3 rings (SSSR count). The number of hydrogen-bond donors (Lipinski definition) is 2. The molecule has 1 aliphatic rings. The number of carbonyl (C=O) groups excluding carboxylic acids is 1. The summed E-state index contributed by atoms with van der Waals surface area (Å²) in [6.07, 6.45) is 4.27. The lowest BCUT2D eigenvalue weighted by atomic mass is 10.2. The maximum absolute atomic E-state index is 12.0. The van der Waals surface area contributed by atoms with Crippen molar-refractivity contribution in [3.05, 3.63) is 40.8 Å². The third-order valence-corrected chi connectivity index (χ3v) is 3.80. The van der Waals surface area contributed by atoms with Gasteiger partial charge in [0.1, 0.15) is 5.02 Å². The Hall–Kier alpha value is -1.85. The molecule has 114 valence electrons. The molecule has 1 fully saturated rings. The lowest BCUT2D eigenvalue weighted by Crippen LogP contribution is -2.13. The molecule has 0 radical (unpaired) electrons. The molecule has 0 unspecified atom stereocenters. The lowest BCUT2D eigenvalue weighted by Gasteiger charge is -2.13. The van der Waals surface area contributed by atoms with Gasteiger partial charge < -0.3 is 10.6 Å². The smallest absolute Gasteiger partial charge is 0.224 e. The van der Waals surface area contributed by atoms with Crippen LogP contribution in [0.3, 0.4) is 0 Å². The van der Waals surface area contributed by atoms with Crippen LogP contribution in [-0.2, 0) is 4.79 Å². The van der Waals surface area contributed by atoms with Crippen LogP contribution >= 0.6 is 23.2 Å². The molecule has 0 spiro atoms. The Morgan fingerprint density at radius 3 is 2.68 bits per heavy atom. The van der Waals surface area contributed by atoms with Crippen molar-refractivity contribution >= 4 is 46.3 Å². The fourth-order valence-electron chi connectivity index (χ4n) is 2.05. The molecule has 0 bridgehead atoms. The predicted octanol–water partition coefficient (Wildman–Crippen LogP) is 4.27. The first kappa shape index (κ1) is 15.1. The maximum atomic E-state index is 12.0. The van der Waals surface area contributed by atoms with Crippen molar-refractivity contribution < 1.29 is 4.79 Å². The molecule has 0 saturated heterocycles. The fourth-order valence-corrected chi connectivity index (χ4v) is 2.32. The van der Waals surface area contributed by atoms with Gasteiger partial charge >= 0.3 is 0 Å². The van der Waals surface area contributed by atoms with Crippen LogP contribution in [0.4, 0.5) is 17.2 Å². The third kappa shape index (κ3) is 3.87. The number of nitrogens with one attached hydrogen (secondary N) is 2. The largest absolute Gasteiger partial charge is 0.337 e. The predicted molar refractivity (Wildman–Crippen MR) is 87.7 cm³/mol. The van der Waals surface area contributed by atoms with E-state index in [-0.39, 0.29) is 11.2 Å². The first-order valence-electron chi connectivity index (χ1n) is 6.96. The van der Waals surface area contributed by atoms with E-state index in [1.807, 2.05) is 24.3 Å². The lowest BCUT2D eigenvalue weighted by molar-refractivity contribution is -0.116. The summed E-state index contributed by atoms with van der Waals surface area (Å²) in [5.41, 5.74) is 1.38. The summed E-state index contributed by atoms with van der Waals surface area (Å²) in [7, 11) is 0. The van der Waals surface area contributed by atoms with Gasteiger partial charge in [0.15, 0.2) is 5.82 Å². The zero-order valence-electron chi connectivity index (χ0n) is 11.6. The molecule has 2 N–H and O–H groups in total. The quantitative estimate of drug-likeness (QED) is 0.800.